The van der Waals surface area contributed by atoms with Crippen molar-refractivity contribution >= 4 is 36.2 Å². The lowest BCUT2D eigenvalue weighted by Gasteiger charge is -2.32. The monoisotopic (exact) mass is 421 g/mol. The van der Waals surface area contributed by atoms with Gasteiger partial charge >= 0.3 is 13.2 Å². The van der Waals surface area contributed by atoms with Gasteiger partial charge in [0.2, 0.25) is 5.91 Å². The van der Waals surface area contributed by atoms with Gasteiger partial charge in [0.15, 0.2) is 0 Å². The number of rotatable bonds is 2. The first-order chi connectivity index (χ1) is 13.2. The summed E-state index contributed by atoms with van der Waals surface area (Å²) < 4.78 is 17.6. The molecule has 0 saturated carbocycles. The lowest BCUT2D eigenvalue weighted by Crippen LogP contribution is -2.41. The van der Waals surface area contributed by atoms with Crippen LogP contribution >= 0.6 is 11.6 Å². The fourth-order valence-electron chi connectivity index (χ4n) is 3.39. The molecule has 2 heterocycles. The molecule has 1 aromatic carbocycles. The van der Waals surface area contributed by atoms with Crippen molar-refractivity contribution in [2.45, 2.75) is 77.6 Å². The number of hydrogen-bond acceptors (Lipinski definition) is 5. The Morgan fingerprint density at radius 2 is 1.79 bits per heavy atom. The van der Waals surface area contributed by atoms with Gasteiger partial charge in [0, 0.05) is 29.4 Å². The topological polar surface area (TPSA) is 65.1 Å². The van der Waals surface area contributed by atoms with Gasteiger partial charge in [-0.15, -0.1) is 0 Å². The molecule has 0 aromatic heterocycles. The van der Waals surface area contributed by atoms with Crippen LogP contribution in [0.4, 0.5) is 4.79 Å². The number of amides is 2. The number of halogens is 1. The van der Waals surface area contributed by atoms with E-state index in [0.717, 1.165) is 11.0 Å². The number of nitrogens with zero attached hydrogens (tertiary/aromatic N) is 1. The normalized spacial score (nSPS) is 23.6. The standard InChI is InChI=1S/C21H29BClNO5/c1-19(2,3)27-18(26)24-12-14(11-17(24)25)13-8-9-16(23)15(10-13)22-28-20(4,5)21(6,7)29-22/h8-10,14H,11-12H2,1-7H3/t14-/m0/s1. The molecule has 0 unspecified atom stereocenters. The molecule has 2 aliphatic heterocycles. The van der Waals surface area contributed by atoms with Crippen molar-refractivity contribution in [1.82, 2.24) is 4.90 Å². The third kappa shape index (κ3) is 4.47. The second-order valence-corrected chi connectivity index (χ2v) is 10.2. The van der Waals surface area contributed by atoms with E-state index >= 15 is 0 Å². The minimum absolute atomic E-state index is 0.131. The van der Waals surface area contributed by atoms with Crippen LogP contribution in [-0.2, 0) is 18.8 Å². The molecule has 0 aliphatic carbocycles. The zero-order valence-corrected chi connectivity index (χ0v) is 18.9. The Morgan fingerprint density at radius 1 is 1.21 bits per heavy atom. The first kappa shape index (κ1) is 22.1. The van der Waals surface area contributed by atoms with E-state index in [4.69, 9.17) is 25.6 Å². The van der Waals surface area contributed by atoms with E-state index < -0.39 is 30.0 Å². The summed E-state index contributed by atoms with van der Waals surface area (Å²) in [4.78, 5) is 25.9. The van der Waals surface area contributed by atoms with Crippen molar-refractivity contribution in [3.05, 3.63) is 28.8 Å². The van der Waals surface area contributed by atoms with E-state index in [0.29, 0.717) is 5.02 Å². The third-order valence-electron chi connectivity index (χ3n) is 5.74. The van der Waals surface area contributed by atoms with Gasteiger partial charge in [0.25, 0.3) is 0 Å². The first-order valence-corrected chi connectivity index (χ1v) is 10.3. The molecular formula is C21H29BClNO5. The van der Waals surface area contributed by atoms with E-state index in [1.807, 2.05) is 39.8 Å². The van der Waals surface area contributed by atoms with Crippen LogP contribution in [0, 0.1) is 0 Å². The summed E-state index contributed by atoms with van der Waals surface area (Å²) in [6.45, 7) is 13.5. The molecule has 0 radical (unpaired) electrons. The highest BCUT2D eigenvalue weighted by atomic mass is 35.5. The van der Waals surface area contributed by atoms with E-state index in [1.165, 1.54) is 4.90 Å². The maximum absolute atomic E-state index is 12.4. The Labute approximate surface area is 178 Å². The van der Waals surface area contributed by atoms with Crippen molar-refractivity contribution < 1.29 is 23.6 Å². The fourth-order valence-corrected chi connectivity index (χ4v) is 3.60. The highest BCUT2D eigenvalue weighted by Crippen LogP contribution is 2.37. The van der Waals surface area contributed by atoms with Crippen LogP contribution < -0.4 is 5.46 Å². The minimum Gasteiger partial charge on any atom is -0.443 e. The first-order valence-electron chi connectivity index (χ1n) is 9.88. The van der Waals surface area contributed by atoms with E-state index in [1.54, 1.807) is 26.8 Å². The number of carbonyl (C=O) groups excluding carboxylic acids is 2. The zero-order chi connectivity index (χ0) is 21.8. The quantitative estimate of drug-likeness (QED) is 0.678. The summed E-state index contributed by atoms with van der Waals surface area (Å²) in [6, 6.07) is 5.59. The maximum atomic E-state index is 12.4. The largest absolute Gasteiger partial charge is 0.496 e. The number of benzene rings is 1. The Bertz CT molecular complexity index is 817. The molecule has 0 bridgehead atoms. The highest BCUT2D eigenvalue weighted by Gasteiger charge is 2.52. The second-order valence-electron chi connectivity index (χ2n) is 9.75. The van der Waals surface area contributed by atoms with Crippen LogP contribution in [0.15, 0.2) is 18.2 Å². The summed E-state index contributed by atoms with van der Waals surface area (Å²) in [6.07, 6.45) is -0.367. The Hall–Kier alpha value is -1.57. The molecule has 6 nitrogen and oxygen atoms in total. The molecular weight excluding hydrogens is 392 g/mol. The van der Waals surface area contributed by atoms with Gasteiger partial charge in [-0.2, -0.15) is 0 Å². The van der Waals surface area contributed by atoms with Gasteiger partial charge in [0.1, 0.15) is 5.60 Å². The number of likely N-dealkylation sites (tertiary alicyclic amines) is 1. The van der Waals surface area contributed by atoms with Gasteiger partial charge < -0.3 is 14.0 Å². The third-order valence-corrected chi connectivity index (χ3v) is 6.08. The van der Waals surface area contributed by atoms with Crippen LogP contribution in [0.1, 0.15) is 66.4 Å². The predicted octanol–water partition coefficient (Wildman–Crippen LogP) is 3.89. The van der Waals surface area contributed by atoms with Gasteiger partial charge in [0.05, 0.1) is 11.2 Å². The lowest BCUT2D eigenvalue weighted by molar-refractivity contribution is -0.126. The van der Waals surface area contributed by atoms with Crippen LogP contribution in [0.3, 0.4) is 0 Å². The smallest absolute Gasteiger partial charge is 0.443 e. The Balaban J connectivity index is 1.81. The molecule has 2 amide bonds. The van der Waals surface area contributed by atoms with Crippen molar-refractivity contribution in [2.75, 3.05) is 6.54 Å². The zero-order valence-electron chi connectivity index (χ0n) is 18.2. The summed E-state index contributed by atoms with van der Waals surface area (Å²) in [5, 5.41) is 0.542. The van der Waals surface area contributed by atoms with Crippen LogP contribution in [0.25, 0.3) is 0 Å². The van der Waals surface area contributed by atoms with Crippen LogP contribution in [-0.4, -0.2) is 47.4 Å². The fraction of sp³-hybridized carbons (Fsp3) is 0.619. The molecule has 0 spiro atoms. The molecule has 2 fully saturated rings. The molecule has 8 heteroatoms. The van der Waals surface area contributed by atoms with Crippen molar-refractivity contribution in [3.63, 3.8) is 0 Å². The number of hydrogen-bond donors (Lipinski definition) is 0. The van der Waals surface area contributed by atoms with Crippen molar-refractivity contribution in [3.8, 4) is 0 Å². The second kappa shape index (κ2) is 7.29. The Kier molecular flexibility index (Phi) is 5.56. The summed E-state index contributed by atoms with van der Waals surface area (Å²) in [5.41, 5.74) is 0.0333. The molecule has 158 valence electrons. The molecule has 3 rings (SSSR count). The van der Waals surface area contributed by atoms with Gasteiger partial charge in [-0.25, -0.2) is 9.69 Å². The predicted molar refractivity (Wildman–Crippen MR) is 112 cm³/mol. The SMILES string of the molecule is CC(C)(C)OC(=O)N1C[C@@H](c2ccc(Cl)c(B3OC(C)(C)C(C)(C)O3)c2)CC1=O. The van der Waals surface area contributed by atoms with E-state index in [9.17, 15) is 9.59 Å². The number of carbonyl (C=O) groups is 2. The highest BCUT2D eigenvalue weighted by molar-refractivity contribution is 6.65. The minimum atomic E-state index is -0.653. The van der Waals surface area contributed by atoms with E-state index in [2.05, 4.69) is 0 Å². The average Bonchev–Trinajstić information content (AvgIpc) is 3.03. The molecule has 29 heavy (non-hydrogen) atoms. The van der Waals surface area contributed by atoms with Gasteiger partial charge in [-0.05, 0) is 60.1 Å². The van der Waals surface area contributed by atoms with Crippen LogP contribution in [0.2, 0.25) is 5.02 Å². The van der Waals surface area contributed by atoms with Gasteiger partial charge in [-0.1, -0.05) is 23.7 Å². The molecule has 2 aliphatic rings. The lowest BCUT2D eigenvalue weighted by atomic mass is 9.77. The molecule has 0 N–H and O–H groups in total. The molecule has 2 saturated heterocycles. The Morgan fingerprint density at radius 3 is 2.34 bits per heavy atom. The summed E-state index contributed by atoms with van der Waals surface area (Å²) >= 11 is 6.44. The summed E-state index contributed by atoms with van der Waals surface area (Å²) in [5.74, 6) is -0.371. The number of imide groups is 1. The maximum Gasteiger partial charge on any atom is 0.496 e. The number of ether oxygens (including phenoxy) is 1. The van der Waals surface area contributed by atoms with Crippen LogP contribution in [0.5, 0.6) is 0 Å². The van der Waals surface area contributed by atoms with E-state index in [-0.39, 0.29) is 24.8 Å². The van der Waals surface area contributed by atoms with Crippen molar-refractivity contribution in [1.29, 1.82) is 0 Å². The average molecular weight is 422 g/mol. The molecule has 1 aromatic rings. The molecule has 1 atom stereocenters. The van der Waals surface area contributed by atoms with Gasteiger partial charge in [-0.3, -0.25) is 4.79 Å². The summed E-state index contributed by atoms with van der Waals surface area (Å²) in [7, 11) is -0.591. The van der Waals surface area contributed by atoms with Crippen molar-refractivity contribution in [2.24, 2.45) is 0 Å².